The number of nitrogens with zero attached hydrogens (tertiary/aromatic N) is 4. The van der Waals surface area contributed by atoms with Gasteiger partial charge in [-0.3, -0.25) is 0 Å². The van der Waals surface area contributed by atoms with Crippen LogP contribution in [0, 0.1) is 6.92 Å². The molecule has 9 heteroatoms. The average Bonchev–Trinajstić information content (AvgIpc) is 2.88. The Balaban J connectivity index is 2.11. The maximum Gasteiger partial charge on any atom is 0.221 e. The molecule has 3 rings (SSSR count). The number of anilines is 3. The van der Waals surface area contributed by atoms with Crippen LogP contribution < -0.4 is 11.1 Å². The molecule has 0 spiro atoms. The second kappa shape index (κ2) is 5.01. The first-order valence-corrected chi connectivity index (χ1v) is 7.01. The van der Waals surface area contributed by atoms with Gasteiger partial charge < -0.3 is 11.1 Å². The zero-order valence-corrected chi connectivity index (χ0v) is 12.5. The van der Waals surface area contributed by atoms with Crippen LogP contribution in [0.1, 0.15) is 5.56 Å². The summed E-state index contributed by atoms with van der Waals surface area (Å²) in [5, 5.41) is 4.02. The molecule has 0 radical (unpaired) electrons. The van der Waals surface area contributed by atoms with Gasteiger partial charge in [0, 0.05) is 11.8 Å². The van der Waals surface area contributed by atoms with Crippen LogP contribution in [-0.2, 0) is 11.4 Å². The molecule has 3 N–H and O–H groups in total. The summed E-state index contributed by atoms with van der Waals surface area (Å²) in [4.78, 5) is 8.06. The van der Waals surface area contributed by atoms with Crippen LogP contribution in [0.2, 0.25) is 10.0 Å². The number of hydrogen-bond acceptors (Lipinski definition) is 6. The van der Waals surface area contributed by atoms with Crippen molar-refractivity contribution in [2.45, 2.75) is 6.92 Å². The lowest BCUT2D eigenvalue weighted by atomic mass is 10.2. The lowest BCUT2D eigenvalue weighted by molar-refractivity contribution is 1.15. The highest BCUT2D eigenvalue weighted by Gasteiger charge is 2.19. The summed E-state index contributed by atoms with van der Waals surface area (Å²) in [6, 6.07) is 1.62. The smallest absolute Gasteiger partial charge is 0.221 e. The third-order valence-corrected chi connectivity index (χ3v) is 3.79. The molecular formula is C11H8Cl2N6S. The lowest BCUT2D eigenvalue weighted by Crippen LogP contribution is -2.02. The molecule has 0 fully saturated rings. The van der Waals surface area contributed by atoms with E-state index >= 15 is 0 Å². The highest BCUT2D eigenvalue weighted by molar-refractivity contribution is 7.58. The maximum absolute atomic E-state index is 6.22. The molecule has 1 aliphatic heterocycles. The minimum absolute atomic E-state index is 0.177. The fourth-order valence-electron chi connectivity index (χ4n) is 1.69. The molecule has 0 atom stereocenters. The van der Waals surface area contributed by atoms with Gasteiger partial charge in [0.25, 0.3) is 0 Å². The second-order valence-corrected chi connectivity index (χ2v) is 5.40. The Labute approximate surface area is 128 Å². The highest BCUT2D eigenvalue weighted by Crippen LogP contribution is 2.48. The SMILES string of the molecule is Cc1cnc(N)nc1Nc1c(Cl)cc(Cl)c2c1N=S=N2. The molecule has 0 bridgehead atoms. The molecule has 0 saturated heterocycles. The third kappa shape index (κ3) is 2.24. The molecule has 2 aromatic rings. The molecule has 20 heavy (non-hydrogen) atoms. The van der Waals surface area contributed by atoms with E-state index in [1.807, 2.05) is 6.92 Å². The summed E-state index contributed by atoms with van der Waals surface area (Å²) in [6.45, 7) is 1.86. The Morgan fingerprint density at radius 3 is 2.75 bits per heavy atom. The van der Waals surface area contributed by atoms with Crippen molar-refractivity contribution in [1.82, 2.24) is 9.97 Å². The van der Waals surface area contributed by atoms with Gasteiger partial charge in [0.2, 0.25) is 5.95 Å². The molecule has 0 saturated carbocycles. The number of halogens is 2. The van der Waals surface area contributed by atoms with E-state index < -0.39 is 0 Å². The number of rotatable bonds is 2. The molecule has 0 unspecified atom stereocenters. The van der Waals surface area contributed by atoms with Crippen LogP contribution in [0.5, 0.6) is 0 Å². The van der Waals surface area contributed by atoms with Gasteiger partial charge in [-0.05, 0) is 13.0 Å². The van der Waals surface area contributed by atoms with E-state index in [1.54, 1.807) is 12.3 Å². The Bertz CT molecular complexity index is 785. The predicted molar refractivity (Wildman–Crippen MR) is 82.5 cm³/mol. The Kier molecular flexibility index (Phi) is 3.33. The molecule has 6 nitrogen and oxygen atoms in total. The van der Waals surface area contributed by atoms with Crippen molar-refractivity contribution in [3.05, 3.63) is 27.9 Å². The largest absolute Gasteiger partial charge is 0.368 e. The van der Waals surface area contributed by atoms with Gasteiger partial charge in [-0.2, -0.15) is 13.7 Å². The first-order chi connectivity index (χ1) is 9.56. The molecule has 1 aromatic carbocycles. The summed E-state index contributed by atoms with van der Waals surface area (Å²) in [6.07, 6.45) is 1.63. The van der Waals surface area contributed by atoms with E-state index in [-0.39, 0.29) is 5.95 Å². The van der Waals surface area contributed by atoms with E-state index in [9.17, 15) is 0 Å². The topological polar surface area (TPSA) is 88.5 Å². The van der Waals surface area contributed by atoms with Gasteiger partial charge in [-0.1, -0.05) is 23.2 Å². The van der Waals surface area contributed by atoms with Crippen LogP contribution in [0.3, 0.4) is 0 Å². The number of nitrogen functional groups attached to an aromatic ring is 1. The van der Waals surface area contributed by atoms with E-state index in [0.29, 0.717) is 32.9 Å². The molecule has 1 aliphatic rings. The van der Waals surface area contributed by atoms with Gasteiger partial charge in [0.05, 0.1) is 27.1 Å². The first kappa shape index (κ1) is 13.3. The predicted octanol–water partition coefficient (Wildman–Crippen LogP) is 4.14. The summed E-state index contributed by atoms with van der Waals surface area (Å²) in [5.41, 5.74) is 8.23. The molecule has 0 aliphatic carbocycles. The van der Waals surface area contributed by atoms with Gasteiger partial charge in [0.15, 0.2) is 0 Å². The van der Waals surface area contributed by atoms with Crippen LogP contribution >= 0.6 is 23.2 Å². The van der Waals surface area contributed by atoms with Crippen molar-refractivity contribution < 1.29 is 0 Å². The summed E-state index contributed by atoms with van der Waals surface area (Å²) in [5.74, 6) is 0.742. The van der Waals surface area contributed by atoms with E-state index in [0.717, 1.165) is 16.9 Å². The number of aromatic nitrogens is 2. The van der Waals surface area contributed by atoms with Gasteiger partial charge in [-0.15, -0.1) is 0 Å². The van der Waals surface area contributed by atoms with Crippen molar-refractivity contribution in [3.8, 4) is 0 Å². The maximum atomic E-state index is 6.22. The number of benzene rings is 1. The lowest BCUT2D eigenvalue weighted by Gasteiger charge is -2.13. The molecule has 2 heterocycles. The molecule has 1 aromatic heterocycles. The van der Waals surface area contributed by atoms with Gasteiger partial charge in [-0.25, -0.2) is 4.98 Å². The van der Waals surface area contributed by atoms with Gasteiger partial charge in [0.1, 0.15) is 17.2 Å². The van der Waals surface area contributed by atoms with Crippen molar-refractivity contribution in [2.24, 2.45) is 8.73 Å². The highest BCUT2D eigenvalue weighted by atomic mass is 35.5. The monoisotopic (exact) mass is 326 g/mol. The second-order valence-electron chi connectivity index (χ2n) is 4.06. The summed E-state index contributed by atoms with van der Waals surface area (Å²) in [7, 11) is 0. The fourth-order valence-corrected chi connectivity index (χ4v) is 2.85. The number of nitrogens with one attached hydrogen (secondary N) is 1. The number of nitrogens with two attached hydrogens (primary N) is 1. The van der Waals surface area contributed by atoms with Crippen molar-refractivity contribution >= 4 is 63.4 Å². The molecular weight excluding hydrogens is 319 g/mol. The third-order valence-electron chi connectivity index (χ3n) is 2.68. The minimum atomic E-state index is 0.177. The van der Waals surface area contributed by atoms with E-state index in [2.05, 4.69) is 24.0 Å². The zero-order valence-electron chi connectivity index (χ0n) is 10.2. The van der Waals surface area contributed by atoms with Crippen molar-refractivity contribution in [2.75, 3.05) is 11.1 Å². The summed E-state index contributed by atoms with van der Waals surface area (Å²) < 4.78 is 8.36. The number of fused-ring (bicyclic) bond motifs is 1. The first-order valence-electron chi connectivity index (χ1n) is 5.52. The van der Waals surface area contributed by atoms with Crippen molar-refractivity contribution in [1.29, 1.82) is 0 Å². The number of hydrogen-bond donors (Lipinski definition) is 2. The molecule has 0 amide bonds. The van der Waals surface area contributed by atoms with E-state index in [4.69, 9.17) is 28.9 Å². The average molecular weight is 327 g/mol. The van der Waals surface area contributed by atoms with Crippen molar-refractivity contribution in [3.63, 3.8) is 0 Å². The Morgan fingerprint density at radius 2 is 1.95 bits per heavy atom. The van der Waals surface area contributed by atoms with Gasteiger partial charge >= 0.3 is 0 Å². The summed E-state index contributed by atoms with van der Waals surface area (Å²) >= 11 is 13.4. The quantitative estimate of drug-likeness (QED) is 0.740. The Morgan fingerprint density at radius 1 is 1.20 bits per heavy atom. The minimum Gasteiger partial charge on any atom is -0.368 e. The standard InChI is InChI=1S/C11H8Cl2N6S/c1-4-3-15-11(14)17-10(4)16-7-5(12)2-6(13)8-9(7)19-20-18-8/h2-3H,1H3,(H3,14,15,16,17). The van der Waals surface area contributed by atoms with Crippen LogP contribution in [0.25, 0.3) is 0 Å². The normalized spacial score (nSPS) is 12.2. The van der Waals surface area contributed by atoms with Crippen LogP contribution in [0.4, 0.5) is 28.8 Å². The van der Waals surface area contributed by atoms with Crippen LogP contribution in [-0.4, -0.2) is 9.97 Å². The fraction of sp³-hybridized carbons (Fsp3) is 0.0909. The number of aryl methyl sites for hydroxylation is 1. The van der Waals surface area contributed by atoms with E-state index in [1.165, 1.54) is 0 Å². The Hall–Kier alpha value is -1.70. The van der Waals surface area contributed by atoms with Crippen LogP contribution in [0.15, 0.2) is 21.0 Å². The zero-order chi connectivity index (χ0) is 14.3. The molecule has 102 valence electrons.